The number of allylic oxidation sites excluding steroid dienone is 1. The molecule has 2 N–H and O–H groups in total. The molecule has 0 unspecified atom stereocenters. The highest BCUT2D eigenvalue weighted by atomic mass is 79.9. The van der Waals surface area contributed by atoms with Crippen molar-refractivity contribution in [3.05, 3.63) is 35.7 Å². The highest BCUT2D eigenvalue weighted by Gasteiger charge is 2.00. The molecule has 0 spiro atoms. The number of alkyl halides is 1. The van der Waals surface area contributed by atoms with Gasteiger partial charge in [-0.2, -0.15) is 0 Å². The van der Waals surface area contributed by atoms with E-state index < -0.39 is 0 Å². The zero-order chi connectivity index (χ0) is 8.97. The van der Waals surface area contributed by atoms with E-state index in [4.69, 9.17) is 5.73 Å². The van der Waals surface area contributed by atoms with Gasteiger partial charge >= 0.3 is 0 Å². The van der Waals surface area contributed by atoms with Crippen molar-refractivity contribution in [2.45, 2.75) is 0 Å². The van der Waals surface area contributed by atoms with E-state index in [1.807, 2.05) is 0 Å². The van der Waals surface area contributed by atoms with Gasteiger partial charge in [0, 0.05) is 16.6 Å². The van der Waals surface area contributed by atoms with Crippen molar-refractivity contribution in [3.8, 4) is 0 Å². The van der Waals surface area contributed by atoms with Crippen LogP contribution >= 0.6 is 15.9 Å². The molecule has 0 bridgehead atoms. The summed E-state index contributed by atoms with van der Waals surface area (Å²) >= 11 is 3.21. The molecule has 0 aliphatic rings. The Bertz CT molecular complexity index is 276. The third-order valence-corrected chi connectivity index (χ3v) is 1.83. The highest BCUT2D eigenvalue weighted by Crippen LogP contribution is 2.16. The molecule has 64 valence electrons. The van der Waals surface area contributed by atoms with Gasteiger partial charge in [0.1, 0.15) is 5.82 Å². The normalized spacial score (nSPS) is 10.8. The second kappa shape index (κ2) is 4.26. The summed E-state index contributed by atoms with van der Waals surface area (Å²) in [5.41, 5.74) is 6.48. The van der Waals surface area contributed by atoms with Crippen LogP contribution in [-0.4, -0.2) is 5.33 Å². The van der Waals surface area contributed by atoms with Crippen molar-refractivity contribution >= 4 is 27.7 Å². The molecule has 0 heterocycles. The molecule has 12 heavy (non-hydrogen) atoms. The van der Waals surface area contributed by atoms with Gasteiger partial charge in [-0.25, -0.2) is 4.39 Å². The number of hydrogen-bond donors (Lipinski definition) is 1. The van der Waals surface area contributed by atoms with Crippen molar-refractivity contribution < 1.29 is 4.39 Å². The van der Waals surface area contributed by atoms with E-state index in [9.17, 15) is 4.39 Å². The maximum Gasteiger partial charge on any atom is 0.132 e. The average molecular weight is 230 g/mol. The first-order valence-electron chi connectivity index (χ1n) is 3.52. The number of rotatable bonds is 2. The van der Waals surface area contributed by atoms with Crippen LogP contribution in [0.4, 0.5) is 10.1 Å². The molecular formula is C9H9BrFN. The van der Waals surface area contributed by atoms with E-state index in [2.05, 4.69) is 15.9 Å². The fourth-order valence-corrected chi connectivity index (χ4v) is 1.08. The van der Waals surface area contributed by atoms with E-state index in [1.54, 1.807) is 24.3 Å². The van der Waals surface area contributed by atoms with Gasteiger partial charge in [-0.15, -0.1) is 0 Å². The first-order chi connectivity index (χ1) is 5.75. The van der Waals surface area contributed by atoms with Crippen molar-refractivity contribution in [2.24, 2.45) is 0 Å². The van der Waals surface area contributed by atoms with Crippen LogP contribution in [0.15, 0.2) is 24.3 Å². The SMILES string of the molecule is Nc1cccc(F)c1C=CCBr. The van der Waals surface area contributed by atoms with Crippen molar-refractivity contribution in [1.82, 2.24) is 0 Å². The highest BCUT2D eigenvalue weighted by molar-refractivity contribution is 9.09. The quantitative estimate of drug-likeness (QED) is 0.613. The van der Waals surface area contributed by atoms with E-state index in [-0.39, 0.29) is 5.82 Å². The number of anilines is 1. The number of nitrogen functional groups attached to an aromatic ring is 1. The summed E-state index contributed by atoms with van der Waals surface area (Å²) in [5, 5.41) is 0.695. The molecule has 0 saturated carbocycles. The Morgan fingerprint density at radius 2 is 2.25 bits per heavy atom. The van der Waals surface area contributed by atoms with Gasteiger partial charge in [-0.05, 0) is 12.1 Å². The summed E-state index contributed by atoms with van der Waals surface area (Å²) in [4.78, 5) is 0. The summed E-state index contributed by atoms with van der Waals surface area (Å²) in [6, 6.07) is 4.66. The molecule has 0 aliphatic carbocycles. The summed E-state index contributed by atoms with van der Waals surface area (Å²) in [6.45, 7) is 0. The molecule has 1 rings (SSSR count). The zero-order valence-corrected chi connectivity index (χ0v) is 8.01. The Morgan fingerprint density at radius 1 is 1.50 bits per heavy atom. The maximum absolute atomic E-state index is 13.0. The Labute approximate surface area is 79.2 Å². The molecule has 0 saturated heterocycles. The smallest absolute Gasteiger partial charge is 0.132 e. The van der Waals surface area contributed by atoms with Gasteiger partial charge in [0.05, 0.1) is 0 Å². The lowest BCUT2D eigenvalue weighted by molar-refractivity contribution is 0.626. The van der Waals surface area contributed by atoms with Crippen LogP contribution in [-0.2, 0) is 0 Å². The molecule has 3 heteroatoms. The summed E-state index contributed by atoms with van der Waals surface area (Å²) in [6.07, 6.45) is 3.47. The van der Waals surface area contributed by atoms with Gasteiger partial charge in [-0.1, -0.05) is 34.1 Å². The second-order valence-corrected chi connectivity index (χ2v) is 2.95. The van der Waals surface area contributed by atoms with E-state index in [0.29, 0.717) is 16.6 Å². The van der Waals surface area contributed by atoms with Crippen LogP contribution in [0.2, 0.25) is 0 Å². The molecule has 1 aromatic carbocycles. The molecule has 0 aliphatic heterocycles. The van der Waals surface area contributed by atoms with Crippen LogP contribution in [0.1, 0.15) is 5.56 Å². The van der Waals surface area contributed by atoms with E-state index in [1.165, 1.54) is 6.07 Å². The lowest BCUT2D eigenvalue weighted by Gasteiger charge is -2.00. The fourth-order valence-electron chi connectivity index (χ4n) is 0.892. The lowest BCUT2D eigenvalue weighted by Crippen LogP contribution is -1.91. The molecule has 0 amide bonds. The van der Waals surface area contributed by atoms with Crippen LogP contribution in [0, 0.1) is 5.82 Å². The van der Waals surface area contributed by atoms with Gasteiger partial charge in [-0.3, -0.25) is 0 Å². The first-order valence-corrected chi connectivity index (χ1v) is 4.64. The summed E-state index contributed by atoms with van der Waals surface area (Å²) in [5.74, 6) is -0.285. The average Bonchev–Trinajstić information content (AvgIpc) is 2.04. The predicted molar refractivity (Wildman–Crippen MR) is 53.6 cm³/mol. The summed E-state index contributed by atoms with van der Waals surface area (Å²) < 4.78 is 13.0. The minimum absolute atomic E-state index is 0.285. The molecule has 0 radical (unpaired) electrons. The van der Waals surface area contributed by atoms with Crippen LogP contribution < -0.4 is 5.73 Å². The monoisotopic (exact) mass is 229 g/mol. The molecule has 1 aromatic rings. The molecule has 0 atom stereocenters. The maximum atomic E-state index is 13.0. The Balaban J connectivity index is 3.04. The van der Waals surface area contributed by atoms with Gasteiger partial charge in [0.15, 0.2) is 0 Å². The minimum Gasteiger partial charge on any atom is -0.398 e. The Kier molecular flexibility index (Phi) is 3.29. The Morgan fingerprint density at radius 3 is 2.83 bits per heavy atom. The summed E-state index contributed by atoms with van der Waals surface area (Å²) in [7, 11) is 0. The standard InChI is InChI=1S/C9H9BrFN/c10-6-2-3-7-8(11)4-1-5-9(7)12/h1-5H,6,12H2. The van der Waals surface area contributed by atoms with E-state index in [0.717, 1.165) is 0 Å². The molecule has 0 aromatic heterocycles. The van der Waals surface area contributed by atoms with Crippen molar-refractivity contribution in [1.29, 1.82) is 0 Å². The first kappa shape index (κ1) is 9.26. The minimum atomic E-state index is -0.285. The van der Waals surface area contributed by atoms with Gasteiger partial charge in [0.2, 0.25) is 0 Å². The van der Waals surface area contributed by atoms with Crippen LogP contribution in [0.25, 0.3) is 6.08 Å². The Hall–Kier alpha value is -0.830. The number of hydrogen-bond acceptors (Lipinski definition) is 1. The predicted octanol–water partition coefficient (Wildman–Crippen LogP) is 2.82. The molecule has 0 fully saturated rings. The van der Waals surface area contributed by atoms with E-state index >= 15 is 0 Å². The van der Waals surface area contributed by atoms with Crippen molar-refractivity contribution in [2.75, 3.05) is 11.1 Å². The lowest BCUT2D eigenvalue weighted by atomic mass is 10.1. The largest absolute Gasteiger partial charge is 0.398 e. The number of benzene rings is 1. The van der Waals surface area contributed by atoms with Gasteiger partial charge < -0.3 is 5.73 Å². The number of nitrogens with two attached hydrogens (primary N) is 1. The molecular weight excluding hydrogens is 221 g/mol. The number of halogens is 2. The fraction of sp³-hybridized carbons (Fsp3) is 0.111. The second-order valence-electron chi connectivity index (χ2n) is 2.30. The van der Waals surface area contributed by atoms with Crippen LogP contribution in [0.3, 0.4) is 0 Å². The third kappa shape index (κ3) is 2.08. The third-order valence-electron chi connectivity index (χ3n) is 1.46. The molecule has 1 nitrogen and oxygen atoms in total. The van der Waals surface area contributed by atoms with Crippen molar-refractivity contribution in [3.63, 3.8) is 0 Å². The van der Waals surface area contributed by atoms with Crippen LogP contribution in [0.5, 0.6) is 0 Å². The zero-order valence-electron chi connectivity index (χ0n) is 6.43. The van der Waals surface area contributed by atoms with Gasteiger partial charge in [0.25, 0.3) is 0 Å². The topological polar surface area (TPSA) is 26.0 Å².